The Balaban J connectivity index is 3.23. The summed E-state index contributed by atoms with van der Waals surface area (Å²) in [5.41, 5.74) is 0. The molecule has 0 aliphatic heterocycles. The Hall–Kier alpha value is -0.240. The van der Waals surface area contributed by atoms with Crippen molar-refractivity contribution in [2.75, 3.05) is 13.7 Å². The Morgan fingerprint density at radius 1 is 1.88 bits per heavy atom. The normalized spacial score (nSPS) is 12.2. The van der Waals surface area contributed by atoms with E-state index >= 15 is 0 Å². The monoisotopic (exact) mass is 131 g/mol. The number of methoxy groups -OCH3 is 1. The molecule has 0 aromatic rings. The maximum absolute atomic E-state index is 4.87. The highest BCUT2D eigenvalue weighted by Crippen LogP contribution is 1.85. The lowest BCUT2D eigenvalue weighted by Crippen LogP contribution is -2.07. The van der Waals surface area contributed by atoms with E-state index in [1.54, 1.807) is 7.11 Å². The number of hydrogen-bond donors (Lipinski definition) is 0. The van der Waals surface area contributed by atoms with Crippen molar-refractivity contribution in [3.63, 3.8) is 0 Å². The summed E-state index contributed by atoms with van der Waals surface area (Å²) in [5, 5.41) is 2.26. The summed E-state index contributed by atoms with van der Waals surface area (Å²) in [6.45, 7) is 2.54. The van der Waals surface area contributed by atoms with E-state index < -0.39 is 0 Å². The molecule has 0 fully saturated rings. The van der Waals surface area contributed by atoms with Crippen LogP contribution in [-0.2, 0) is 4.74 Å². The van der Waals surface area contributed by atoms with Crippen LogP contribution in [0.4, 0.5) is 0 Å². The summed E-state index contributed by atoms with van der Waals surface area (Å²) >= 11 is 4.35. The third kappa shape index (κ3) is 3.93. The zero-order valence-corrected chi connectivity index (χ0v) is 5.86. The second-order valence-corrected chi connectivity index (χ2v) is 1.66. The van der Waals surface area contributed by atoms with Crippen LogP contribution in [0.15, 0.2) is 4.99 Å². The van der Waals surface area contributed by atoms with Gasteiger partial charge in [-0.15, -0.1) is 0 Å². The fraction of sp³-hybridized carbons (Fsp3) is 0.800. The van der Waals surface area contributed by atoms with E-state index in [2.05, 4.69) is 22.4 Å². The zero-order chi connectivity index (χ0) is 6.41. The van der Waals surface area contributed by atoms with Crippen LogP contribution < -0.4 is 0 Å². The van der Waals surface area contributed by atoms with Crippen molar-refractivity contribution in [2.24, 2.45) is 4.99 Å². The van der Waals surface area contributed by atoms with E-state index in [0.29, 0.717) is 6.54 Å². The molecule has 0 aromatic carbocycles. The minimum Gasteiger partial charge on any atom is -0.380 e. The van der Waals surface area contributed by atoms with Gasteiger partial charge in [0.2, 0.25) is 0 Å². The van der Waals surface area contributed by atoms with Crippen LogP contribution in [0.1, 0.15) is 6.92 Å². The first-order valence-electron chi connectivity index (χ1n) is 2.37. The molecule has 0 aliphatic carbocycles. The van der Waals surface area contributed by atoms with Crippen LogP contribution in [0, 0.1) is 0 Å². The summed E-state index contributed by atoms with van der Waals surface area (Å²) < 4.78 is 4.87. The number of ether oxygens (including phenoxy) is 1. The van der Waals surface area contributed by atoms with Crippen molar-refractivity contribution in [3.05, 3.63) is 0 Å². The van der Waals surface area contributed by atoms with Crippen LogP contribution in [-0.4, -0.2) is 24.9 Å². The predicted octanol–water partition coefficient (Wildman–Crippen LogP) is 1.12. The minimum atomic E-state index is 0.158. The number of thiocarbonyl (C=S) groups is 1. The highest BCUT2D eigenvalue weighted by molar-refractivity contribution is 7.78. The summed E-state index contributed by atoms with van der Waals surface area (Å²) in [7, 11) is 1.64. The smallest absolute Gasteiger partial charge is 0.0752 e. The Morgan fingerprint density at radius 3 is 2.88 bits per heavy atom. The molecule has 0 saturated carbocycles. The predicted molar refractivity (Wildman–Crippen MR) is 36.4 cm³/mol. The fourth-order valence-electron chi connectivity index (χ4n) is 0.240. The average molecular weight is 131 g/mol. The summed E-state index contributed by atoms with van der Waals surface area (Å²) in [4.78, 5) is 3.68. The average Bonchev–Trinajstić information content (AvgIpc) is 1.83. The minimum absolute atomic E-state index is 0.158. The number of isothiocyanates is 1. The molecule has 2 nitrogen and oxygen atoms in total. The van der Waals surface area contributed by atoms with Gasteiger partial charge in [0.15, 0.2) is 0 Å². The Morgan fingerprint density at radius 2 is 2.50 bits per heavy atom. The Kier molecular flexibility index (Phi) is 4.76. The largest absolute Gasteiger partial charge is 0.380 e. The summed E-state index contributed by atoms with van der Waals surface area (Å²) in [6, 6.07) is 0. The van der Waals surface area contributed by atoms with Gasteiger partial charge in [-0.1, -0.05) is 0 Å². The molecule has 46 valence electrons. The molecule has 0 N–H and O–H groups in total. The van der Waals surface area contributed by atoms with Gasteiger partial charge in [0.05, 0.1) is 17.8 Å². The van der Waals surface area contributed by atoms with Gasteiger partial charge in [0.25, 0.3) is 0 Å². The van der Waals surface area contributed by atoms with E-state index in [9.17, 15) is 0 Å². The molecule has 0 aliphatic rings. The first-order valence-corrected chi connectivity index (χ1v) is 2.78. The molecular formula is C5H9NOS. The van der Waals surface area contributed by atoms with Crippen molar-refractivity contribution >= 4 is 17.4 Å². The molecule has 1 atom stereocenters. The van der Waals surface area contributed by atoms with Crippen LogP contribution in [0.3, 0.4) is 0 Å². The van der Waals surface area contributed by atoms with Gasteiger partial charge in [-0.25, -0.2) is 4.99 Å². The molecule has 3 heteroatoms. The van der Waals surface area contributed by atoms with Crippen molar-refractivity contribution in [3.8, 4) is 0 Å². The van der Waals surface area contributed by atoms with E-state index in [4.69, 9.17) is 4.74 Å². The number of aliphatic imine (C=N–C) groups is 1. The molecular weight excluding hydrogens is 122 g/mol. The summed E-state index contributed by atoms with van der Waals surface area (Å²) in [6.07, 6.45) is 0.158. The molecule has 0 aromatic heterocycles. The van der Waals surface area contributed by atoms with Gasteiger partial charge in [0.1, 0.15) is 0 Å². The van der Waals surface area contributed by atoms with Crippen molar-refractivity contribution in [2.45, 2.75) is 13.0 Å². The van der Waals surface area contributed by atoms with Crippen LogP contribution in [0.2, 0.25) is 0 Å². The second kappa shape index (κ2) is 4.91. The molecule has 0 radical (unpaired) electrons. The maximum atomic E-state index is 4.87. The third-order valence-corrected chi connectivity index (χ3v) is 0.944. The second-order valence-electron chi connectivity index (χ2n) is 1.48. The number of nitrogens with zero attached hydrogens (tertiary/aromatic N) is 1. The molecule has 0 bridgehead atoms. The maximum Gasteiger partial charge on any atom is 0.0752 e. The quantitative estimate of drug-likeness (QED) is 0.423. The van der Waals surface area contributed by atoms with Crippen molar-refractivity contribution in [1.29, 1.82) is 0 Å². The van der Waals surface area contributed by atoms with Gasteiger partial charge in [-0.05, 0) is 19.1 Å². The van der Waals surface area contributed by atoms with E-state index in [1.165, 1.54) is 0 Å². The zero-order valence-electron chi connectivity index (χ0n) is 5.05. The first-order chi connectivity index (χ1) is 3.81. The van der Waals surface area contributed by atoms with Gasteiger partial charge >= 0.3 is 0 Å². The van der Waals surface area contributed by atoms with Gasteiger partial charge in [-0.2, -0.15) is 0 Å². The standard InChI is InChI=1S/C5H9NOS/c1-5(7-2)3-6-4-8/h5H,3H2,1-2H3. The Labute approximate surface area is 54.6 Å². The highest BCUT2D eigenvalue weighted by atomic mass is 32.1. The lowest BCUT2D eigenvalue weighted by molar-refractivity contribution is 0.126. The van der Waals surface area contributed by atoms with Crippen molar-refractivity contribution in [1.82, 2.24) is 0 Å². The lowest BCUT2D eigenvalue weighted by atomic mass is 10.4. The molecule has 0 rings (SSSR count). The molecule has 0 amide bonds. The summed E-state index contributed by atoms with van der Waals surface area (Å²) in [5.74, 6) is 0. The molecule has 8 heavy (non-hydrogen) atoms. The Bertz CT molecular complexity index is 98.6. The van der Waals surface area contributed by atoms with Crippen LogP contribution in [0.5, 0.6) is 0 Å². The molecule has 0 spiro atoms. The number of hydrogen-bond acceptors (Lipinski definition) is 3. The van der Waals surface area contributed by atoms with Gasteiger partial charge < -0.3 is 4.74 Å². The van der Waals surface area contributed by atoms with Crippen molar-refractivity contribution < 1.29 is 4.74 Å². The molecule has 0 saturated heterocycles. The van der Waals surface area contributed by atoms with Crippen LogP contribution >= 0.6 is 12.2 Å². The van der Waals surface area contributed by atoms with E-state index in [0.717, 1.165) is 0 Å². The SMILES string of the molecule is COC(C)CN=C=S. The van der Waals surface area contributed by atoms with Gasteiger partial charge in [0, 0.05) is 7.11 Å². The van der Waals surface area contributed by atoms with Gasteiger partial charge in [-0.3, -0.25) is 0 Å². The van der Waals surface area contributed by atoms with Crippen LogP contribution in [0.25, 0.3) is 0 Å². The fourth-order valence-corrected chi connectivity index (χ4v) is 0.315. The third-order valence-electron chi connectivity index (χ3n) is 0.815. The molecule has 0 heterocycles. The topological polar surface area (TPSA) is 21.6 Å². The molecule has 1 unspecified atom stereocenters. The first kappa shape index (κ1) is 7.76. The van der Waals surface area contributed by atoms with E-state index in [1.807, 2.05) is 6.92 Å². The highest BCUT2D eigenvalue weighted by Gasteiger charge is 1.92. The number of rotatable bonds is 3. The lowest BCUT2D eigenvalue weighted by Gasteiger charge is -2.01. The van der Waals surface area contributed by atoms with E-state index in [-0.39, 0.29) is 6.10 Å².